The van der Waals surface area contributed by atoms with Crippen LogP contribution in [0.3, 0.4) is 0 Å². The number of benzene rings is 2. The van der Waals surface area contributed by atoms with Crippen molar-refractivity contribution in [1.29, 1.82) is 21.2 Å². The first kappa shape index (κ1) is 23.9. The van der Waals surface area contributed by atoms with Crippen LogP contribution < -0.4 is 4.74 Å². The van der Waals surface area contributed by atoms with Crippen molar-refractivity contribution in [3.05, 3.63) is 65.7 Å². The lowest BCUT2D eigenvalue weighted by Gasteiger charge is -2.52. The molecule has 3 aliphatic rings. The van der Waals surface area contributed by atoms with E-state index in [1.807, 2.05) is 30.3 Å². The highest BCUT2D eigenvalue weighted by atomic mass is 16.7. The monoisotopic (exact) mass is 480 g/mol. The van der Waals surface area contributed by atoms with E-state index in [9.17, 15) is 15.8 Å². The highest BCUT2D eigenvalue weighted by Gasteiger charge is 2.80. The Morgan fingerprint density at radius 1 is 1.03 bits per heavy atom. The van der Waals surface area contributed by atoms with Crippen molar-refractivity contribution in [2.75, 3.05) is 0 Å². The maximum absolute atomic E-state index is 10.5. The van der Waals surface area contributed by atoms with Gasteiger partial charge in [0.25, 0.3) is 0 Å². The van der Waals surface area contributed by atoms with Gasteiger partial charge in [0.15, 0.2) is 5.41 Å². The normalized spacial score (nSPS) is 31.7. The summed E-state index contributed by atoms with van der Waals surface area (Å²) in [5, 5.41) is 40.1. The Hall–Kier alpha value is -3.86. The van der Waals surface area contributed by atoms with Gasteiger partial charge in [0.05, 0.1) is 24.1 Å². The van der Waals surface area contributed by atoms with E-state index in [0.717, 1.165) is 24.8 Å². The molecule has 2 aromatic rings. The first-order valence-electron chi connectivity index (χ1n) is 12.4. The number of rotatable bonds is 6. The van der Waals surface area contributed by atoms with Gasteiger partial charge < -0.3 is 14.2 Å². The fraction of sp³-hybridized carbons (Fsp3) is 0.448. The molecule has 0 radical (unpaired) electrons. The summed E-state index contributed by atoms with van der Waals surface area (Å²) in [4.78, 5) is 0. The molecule has 5 atom stereocenters. The average Bonchev–Trinajstić information content (AvgIpc) is 3.12. The van der Waals surface area contributed by atoms with E-state index in [1.54, 1.807) is 24.3 Å². The Morgan fingerprint density at radius 3 is 2.39 bits per heavy atom. The third-order valence-electron chi connectivity index (χ3n) is 8.15. The summed E-state index contributed by atoms with van der Waals surface area (Å²) in [7, 11) is 0. The zero-order valence-electron chi connectivity index (χ0n) is 20.2. The molecule has 2 heterocycles. The highest BCUT2D eigenvalue weighted by Crippen LogP contribution is 2.70. The second kappa shape index (κ2) is 8.98. The number of hydrogen-bond donors (Lipinski definition) is 1. The zero-order chi connectivity index (χ0) is 25.4. The van der Waals surface area contributed by atoms with Crippen molar-refractivity contribution < 1.29 is 14.2 Å². The van der Waals surface area contributed by atoms with Crippen LogP contribution in [-0.4, -0.2) is 11.7 Å². The van der Waals surface area contributed by atoms with Crippen molar-refractivity contribution in [3.8, 4) is 24.0 Å². The van der Waals surface area contributed by atoms with Crippen LogP contribution in [0.5, 0.6) is 5.75 Å². The molecule has 7 nitrogen and oxygen atoms in total. The molecule has 1 N–H and O–H groups in total. The fourth-order valence-electron chi connectivity index (χ4n) is 6.37. The van der Waals surface area contributed by atoms with Crippen LogP contribution in [0, 0.1) is 62.1 Å². The highest BCUT2D eigenvalue weighted by molar-refractivity contribution is 5.89. The Labute approximate surface area is 211 Å². The van der Waals surface area contributed by atoms with Gasteiger partial charge >= 0.3 is 0 Å². The SMILES string of the molecule is CCCC1CCC23OC(=N)C(C#N)(C2C1)C(C#N)(C#N)C(c1ccc(OCc2ccccc2)cc1)O3. The van der Waals surface area contributed by atoms with Gasteiger partial charge in [0, 0.05) is 6.42 Å². The van der Waals surface area contributed by atoms with Gasteiger partial charge in [-0.2, -0.15) is 15.8 Å². The lowest BCUT2D eigenvalue weighted by molar-refractivity contribution is -0.299. The van der Waals surface area contributed by atoms with E-state index in [0.29, 0.717) is 36.7 Å². The standard InChI is InChI=1S/C29H28N4O3/c1-2-6-20-13-14-29-24(15-20)28(19-32,26(33)36-29)27(17-30,18-31)25(35-29)22-9-11-23(12-10-22)34-16-21-7-4-3-5-8-21/h3-5,7-12,20,24-25,33H,2,6,13-16H2,1H3. The maximum Gasteiger partial charge on any atom is 0.217 e. The van der Waals surface area contributed by atoms with Crippen LogP contribution >= 0.6 is 0 Å². The molecule has 5 unspecified atom stereocenters. The summed E-state index contributed by atoms with van der Waals surface area (Å²) in [6.07, 6.45) is 2.92. The van der Waals surface area contributed by atoms with Crippen molar-refractivity contribution in [2.24, 2.45) is 22.7 Å². The van der Waals surface area contributed by atoms with E-state index in [2.05, 4.69) is 25.1 Å². The minimum Gasteiger partial charge on any atom is -0.489 e. The van der Waals surface area contributed by atoms with E-state index < -0.39 is 28.6 Å². The number of nitrogens with one attached hydrogen (secondary N) is 1. The first-order valence-corrected chi connectivity index (χ1v) is 12.4. The summed E-state index contributed by atoms with van der Waals surface area (Å²) < 4.78 is 18.5. The predicted molar refractivity (Wildman–Crippen MR) is 130 cm³/mol. The molecule has 2 bridgehead atoms. The quantitative estimate of drug-likeness (QED) is 0.557. The topological polar surface area (TPSA) is 123 Å². The Morgan fingerprint density at radius 2 is 1.75 bits per heavy atom. The fourth-order valence-corrected chi connectivity index (χ4v) is 6.37. The molecule has 2 saturated heterocycles. The molecular formula is C29H28N4O3. The van der Waals surface area contributed by atoms with Crippen LogP contribution in [-0.2, 0) is 16.1 Å². The molecule has 1 saturated carbocycles. The molecule has 2 aromatic carbocycles. The third-order valence-corrected chi connectivity index (χ3v) is 8.15. The number of nitrogens with zero attached hydrogens (tertiary/aromatic N) is 3. The number of nitriles is 3. The van der Waals surface area contributed by atoms with Gasteiger partial charge in [-0.05, 0) is 42.0 Å². The van der Waals surface area contributed by atoms with Crippen LogP contribution in [0.25, 0.3) is 0 Å². The summed E-state index contributed by atoms with van der Waals surface area (Å²) in [6, 6.07) is 23.4. The molecule has 0 spiro atoms. The van der Waals surface area contributed by atoms with Gasteiger partial charge in [-0.15, -0.1) is 0 Å². The Bertz CT molecular complexity index is 1260. The van der Waals surface area contributed by atoms with Gasteiger partial charge in [0.2, 0.25) is 17.1 Å². The second-order valence-corrected chi connectivity index (χ2v) is 10.0. The van der Waals surface area contributed by atoms with Gasteiger partial charge in [-0.1, -0.05) is 62.2 Å². The predicted octanol–water partition coefficient (Wildman–Crippen LogP) is 5.80. The zero-order valence-corrected chi connectivity index (χ0v) is 20.2. The molecule has 7 heteroatoms. The van der Waals surface area contributed by atoms with E-state index in [1.165, 1.54) is 0 Å². The minimum atomic E-state index is -1.93. The van der Waals surface area contributed by atoms with Crippen molar-refractivity contribution >= 4 is 5.90 Å². The van der Waals surface area contributed by atoms with Crippen LogP contribution in [0.4, 0.5) is 0 Å². The van der Waals surface area contributed by atoms with Crippen molar-refractivity contribution in [3.63, 3.8) is 0 Å². The summed E-state index contributed by atoms with van der Waals surface area (Å²) in [5.74, 6) is -1.07. The molecule has 182 valence electrons. The van der Waals surface area contributed by atoms with Gasteiger partial charge in [-0.25, -0.2) is 0 Å². The minimum absolute atomic E-state index is 0.319. The third kappa shape index (κ3) is 3.29. The lowest BCUT2D eigenvalue weighted by Crippen LogP contribution is -2.61. The lowest BCUT2D eigenvalue weighted by atomic mass is 9.50. The van der Waals surface area contributed by atoms with Crippen LogP contribution in [0.15, 0.2) is 54.6 Å². The summed E-state index contributed by atoms with van der Waals surface area (Å²) in [6.45, 7) is 2.53. The summed E-state index contributed by atoms with van der Waals surface area (Å²) >= 11 is 0. The van der Waals surface area contributed by atoms with Gasteiger partial charge in [-0.3, -0.25) is 5.41 Å². The van der Waals surface area contributed by atoms with Crippen molar-refractivity contribution in [1.82, 2.24) is 0 Å². The number of ether oxygens (including phenoxy) is 3. The molecule has 2 aliphatic heterocycles. The maximum atomic E-state index is 10.5. The Kier molecular flexibility index (Phi) is 5.95. The molecule has 3 fully saturated rings. The average molecular weight is 481 g/mol. The van der Waals surface area contributed by atoms with E-state index in [-0.39, 0.29) is 5.90 Å². The molecule has 0 aromatic heterocycles. The van der Waals surface area contributed by atoms with Crippen molar-refractivity contribution in [2.45, 2.75) is 57.5 Å². The van der Waals surface area contributed by atoms with Crippen LogP contribution in [0.1, 0.15) is 56.3 Å². The summed E-state index contributed by atoms with van der Waals surface area (Å²) in [5.41, 5.74) is -2.01. The molecule has 36 heavy (non-hydrogen) atoms. The Balaban J connectivity index is 1.50. The van der Waals surface area contributed by atoms with E-state index >= 15 is 0 Å². The van der Waals surface area contributed by atoms with E-state index in [4.69, 9.17) is 19.6 Å². The molecule has 1 aliphatic carbocycles. The van der Waals surface area contributed by atoms with Crippen LogP contribution in [0.2, 0.25) is 0 Å². The largest absolute Gasteiger partial charge is 0.489 e. The first-order chi connectivity index (χ1) is 17.5. The van der Waals surface area contributed by atoms with Gasteiger partial charge in [0.1, 0.15) is 18.5 Å². The smallest absolute Gasteiger partial charge is 0.217 e. The molecule has 0 amide bonds. The second-order valence-electron chi connectivity index (χ2n) is 10.0. The molecular weight excluding hydrogens is 452 g/mol. The number of hydrogen-bond acceptors (Lipinski definition) is 7. The molecule has 5 rings (SSSR count).